The lowest BCUT2D eigenvalue weighted by Crippen LogP contribution is -2.12. The molecule has 5 nitrogen and oxygen atoms in total. The maximum absolute atomic E-state index is 12.4. The van der Waals surface area contributed by atoms with Gasteiger partial charge in [0.05, 0.1) is 11.4 Å². The van der Waals surface area contributed by atoms with Gasteiger partial charge in [0, 0.05) is 11.9 Å². The molecule has 1 aromatic carbocycles. The fourth-order valence-electron chi connectivity index (χ4n) is 2.91. The minimum Gasteiger partial charge on any atom is -0.354 e. The Kier molecular flexibility index (Phi) is 3.81. The Morgan fingerprint density at radius 3 is 2.83 bits per heavy atom. The Morgan fingerprint density at radius 2 is 2.12 bits per heavy atom. The second-order valence-corrected chi connectivity index (χ2v) is 7.29. The van der Waals surface area contributed by atoms with Gasteiger partial charge in [0.2, 0.25) is 0 Å². The van der Waals surface area contributed by atoms with Crippen molar-refractivity contribution in [2.45, 2.75) is 23.7 Å². The van der Waals surface area contributed by atoms with Crippen molar-refractivity contribution in [1.29, 1.82) is 0 Å². The zero-order chi connectivity index (χ0) is 16.8. The molecule has 0 saturated heterocycles. The molecule has 0 bridgehead atoms. The van der Waals surface area contributed by atoms with Crippen LogP contribution in [-0.2, 0) is 7.05 Å². The molecule has 7 heteroatoms. The van der Waals surface area contributed by atoms with Crippen molar-refractivity contribution in [3.63, 3.8) is 0 Å². The molecule has 1 aliphatic rings. The molecule has 0 amide bonds. The highest BCUT2D eigenvalue weighted by Crippen LogP contribution is 2.42. The van der Waals surface area contributed by atoms with Crippen molar-refractivity contribution in [1.82, 2.24) is 14.8 Å². The summed E-state index contributed by atoms with van der Waals surface area (Å²) < 4.78 is 1.41. The molecule has 24 heavy (non-hydrogen) atoms. The molecule has 1 saturated carbocycles. The van der Waals surface area contributed by atoms with Crippen LogP contribution >= 0.6 is 23.4 Å². The first kappa shape index (κ1) is 15.6. The summed E-state index contributed by atoms with van der Waals surface area (Å²) in [6, 6.07) is 8.17. The summed E-state index contributed by atoms with van der Waals surface area (Å²) >= 11 is 7.80. The molecule has 124 valence electrons. The second kappa shape index (κ2) is 5.86. The summed E-state index contributed by atoms with van der Waals surface area (Å²) in [6.07, 6.45) is 4.61. The smallest absolute Gasteiger partial charge is 0.277 e. The van der Waals surface area contributed by atoms with E-state index in [-0.39, 0.29) is 5.56 Å². The molecular formula is C17H17ClN4OS. The third-order valence-corrected chi connectivity index (χ3v) is 5.30. The SMILES string of the molecule is CSc1cc(C2CC2)ccc1Nc1cc(Cl)nc2[nH]n(C)c(=O)c12. The molecule has 0 spiro atoms. The molecule has 1 aliphatic carbocycles. The standard InChI is InChI=1S/C17H17ClN4OS/c1-22-17(23)15-12(8-14(18)20-16(15)21-22)19-11-6-5-10(9-3-4-9)7-13(11)24-2/h5-9H,3-4H2,1-2H3,(H2,19,20,21). The number of pyridine rings is 1. The largest absolute Gasteiger partial charge is 0.354 e. The van der Waals surface area contributed by atoms with Crippen LogP contribution in [0.15, 0.2) is 34.0 Å². The van der Waals surface area contributed by atoms with E-state index in [0.29, 0.717) is 27.8 Å². The van der Waals surface area contributed by atoms with E-state index in [4.69, 9.17) is 11.6 Å². The average Bonchev–Trinajstić information content (AvgIpc) is 3.35. The molecule has 0 atom stereocenters. The fraction of sp³-hybridized carbons (Fsp3) is 0.294. The van der Waals surface area contributed by atoms with Crippen LogP contribution < -0.4 is 10.9 Å². The third-order valence-electron chi connectivity index (χ3n) is 4.32. The number of halogens is 1. The van der Waals surface area contributed by atoms with Gasteiger partial charge in [-0.2, -0.15) is 0 Å². The maximum Gasteiger partial charge on any atom is 0.277 e. The normalized spacial score (nSPS) is 14.3. The number of thioether (sulfide) groups is 1. The molecule has 1 fully saturated rings. The number of H-pyrrole nitrogens is 1. The quantitative estimate of drug-likeness (QED) is 0.539. The summed E-state index contributed by atoms with van der Waals surface area (Å²) in [5, 5.41) is 7.14. The van der Waals surface area contributed by atoms with E-state index in [1.54, 1.807) is 24.9 Å². The van der Waals surface area contributed by atoms with Crippen molar-refractivity contribution in [2.24, 2.45) is 7.05 Å². The predicted octanol–water partition coefficient (Wildman–Crippen LogP) is 4.26. The zero-order valence-corrected chi connectivity index (χ0v) is 15.0. The van der Waals surface area contributed by atoms with Gasteiger partial charge in [0.1, 0.15) is 10.5 Å². The van der Waals surface area contributed by atoms with Gasteiger partial charge in [-0.3, -0.25) is 14.6 Å². The molecule has 3 aromatic rings. The number of rotatable bonds is 4. The van der Waals surface area contributed by atoms with Crippen LogP contribution in [0.25, 0.3) is 11.0 Å². The van der Waals surface area contributed by atoms with E-state index in [1.165, 1.54) is 23.1 Å². The van der Waals surface area contributed by atoms with Gasteiger partial charge in [-0.1, -0.05) is 17.7 Å². The minimum atomic E-state index is -0.128. The van der Waals surface area contributed by atoms with Crippen molar-refractivity contribution in [3.05, 3.63) is 45.3 Å². The van der Waals surface area contributed by atoms with Crippen LogP contribution in [0.4, 0.5) is 11.4 Å². The number of hydrogen-bond acceptors (Lipinski definition) is 4. The average molecular weight is 361 g/mol. The summed E-state index contributed by atoms with van der Waals surface area (Å²) in [6.45, 7) is 0. The summed E-state index contributed by atoms with van der Waals surface area (Å²) in [5.41, 5.74) is 3.38. The van der Waals surface area contributed by atoms with Crippen molar-refractivity contribution in [3.8, 4) is 0 Å². The number of anilines is 2. The predicted molar refractivity (Wildman–Crippen MR) is 99.8 cm³/mol. The monoisotopic (exact) mass is 360 g/mol. The second-order valence-electron chi connectivity index (χ2n) is 6.05. The highest BCUT2D eigenvalue weighted by Gasteiger charge is 2.24. The van der Waals surface area contributed by atoms with E-state index in [9.17, 15) is 4.79 Å². The van der Waals surface area contributed by atoms with Gasteiger partial charge in [0.25, 0.3) is 5.56 Å². The lowest BCUT2D eigenvalue weighted by molar-refractivity contribution is 0.748. The molecule has 4 rings (SSSR count). The molecular weight excluding hydrogens is 344 g/mol. The van der Waals surface area contributed by atoms with E-state index < -0.39 is 0 Å². The Balaban J connectivity index is 1.80. The van der Waals surface area contributed by atoms with Gasteiger partial charge >= 0.3 is 0 Å². The van der Waals surface area contributed by atoms with Crippen LogP contribution in [-0.4, -0.2) is 21.0 Å². The Hall–Kier alpha value is -1.92. The van der Waals surface area contributed by atoms with Crippen molar-refractivity contribution >= 4 is 45.8 Å². The van der Waals surface area contributed by atoms with Crippen LogP contribution in [0, 0.1) is 0 Å². The van der Waals surface area contributed by atoms with E-state index >= 15 is 0 Å². The highest BCUT2D eigenvalue weighted by atomic mass is 35.5. The van der Waals surface area contributed by atoms with Crippen molar-refractivity contribution in [2.75, 3.05) is 11.6 Å². The van der Waals surface area contributed by atoms with Gasteiger partial charge in [-0.15, -0.1) is 11.8 Å². The molecule has 0 aliphatic heterocycles. The van der Waals surface area contributed by atoms with Gasteiger partial charge in [0.15, 0.2) is 5.65 Å². The topological polar surface area (TPSA) is 62.7 Å². The molecule has 2 heterocycles. The van der Waals surface area contributed by atoms with Gasteiger partial charge in [-0.25, -0.2) is 4.98 Å². The number of nitrogens with zero attached hydrogens (tertiary/aromatic N) is 2. The van der Waals surface area contributed by atoms with Crippen molar-refractivity contribution < 1.29 is 0 Å². The first-order valence-electron chi connectivity index (χ1n) is 7.77. The zero-order valence-electron chi connectivity index (χ0n) is 13.4. The number of nitrogens with one attached hydrogen (secondary N) is 2. The number of hydrogen-bond donors (Lipinski definition) is 2. The lowest BCUT2D eigenvalue weighted by Gasteiger charge is -2.13. The Labute approximate surface area is 148 Å². The van der Waals surface area contributed by atoms with Gasteiger partial charge in [-0.05, 0) is 48.8 Å². The summed E-state index contributed by atoms with van der Waals surface area (Å²) in [5.74, 6) is 0.712. The molecule has 0 radical (unpaired) electrons. The van der Waals surface area contributed by atoms with E-state index in [0.717, 1.165) is 10.6 Å². The van der Waals surface area contributed by atoms with E-state index in [2.05, 4.69) is 39.9 Å². The number of benzene rings is 1. The number of aromatic amines is 1. The molecule has 0 unspecified atom stereocenters. The molecule has 2 aromatic heterocycles. The van der Waals surface area contributed by atoms with Crippen LogP contribution in [0.3, 0.4) is 0 Å². The lowest BCUT2D eigenvalue weighted by atomic mass is 10.1. The first-order chi connectivity index (χ1) is 11.6. The van der Waals surface area contributed by atoms with Crippen LogP contribution in [0.2, 0.25) is 5.15 Å². The van der Waals surface area contributed by atoms with Gasteiger partial charge < -0.3 is 5.32 Å². The number of fused-ring (bicyclic) bond motifs is 1. The minimum absolute atomic E-state index is 0.128. The molecule has 2 N–H and O–H groups in total. The summed E-state index contributed by atoms with van der Waals surface area (Å²) in [7, 11) is 1.67. The third kappa shape index (κ3) is 2.70. The highest BCUT2D eigenvalue weighted by molar-refractivity contribution is 7.98. The number of aromatic nitrogens is 3. The van der Waals surface area contributed by atoms with Crippen LogP contribution in [0.5, 0.6) is 0 Å². The Bertz CT molecular complexity index is 990. The van der Waals surface area contributed by atoms with E-state index in [1.807, 2.05) is 0 Å². The number of aryl methyl sites for hydroxylation is 1. The Morgan fingerprint density at radius 1 is 1.33 bits per heavy atom. The fourth-order valence-corrected chi connectivity index (χ4v) is 3.70. The first-order valence-corrected chi connectivity index (χ1v) is 9.37. The maximum atomic E-state index is 12.4. The summed E-state index contributed by atoms with van der Waals surface area (Å²) in [4.78, 5) is 17.7. The van der Waals surface area contributed by atoms with Crippen LogP contribution in [0.1, 0.15) is 24.3 Å².